The van der Waals surface area contributed by atoms with E-state index in [1.54, 1.807) is 6.07 Å². The molecule has 3 rings (SSSR count). The molecule has 2 aliphatic rings. The maximum Gasteiger partial charge on any atom is 0.239 e. The first-order chi connectivity index (χ1) is 12.1. The number of hydrogen-bond acceptors (Lipinski definition) is 4. The maximum absolute atomic E-state index is 13.7. The highest BCUT2D eigenvalue weighted by atomic mass is 19.1. The highest BCUT2D eigenvalue weighted by Gasteiger charge is 2.29. The van der Waals surface area contributed by atoms with E-state index in [4.69, 9.17) is 4.74 Å². The number of rotatable bonds is 5. The van der Waals surface area contributed by atoms with Gasteiger partial charge in [-0.3, -0.25) is 9.69 Å². The third-order valence-electron chi connectivity index (χ3n) is 5.29. The van der Waals surface area contributed by atoms with Crippen LogP contribution in [0.15, 0.2) is 24.3 Å². The van der Waals surface area contributed by atoms with E-state index in [0.717, 1.165) is 44.7 Å². The van der Waals surface area contributed by atoms with Crippen molar-refractivity contribution in [1.29, 1.82) is 0 Å². The summed E-state index contributed by atoms with van der Waals surface area (Å²) in [5.74, 6) is 0.0916. The Labute approximate surface area is 149 Å². The topological polar surface area (TPSA) is 36.0 Å². The number of amides is 1. The summed E-state index contributed by atoms with van der Waals surface area (Å²) in [5.41, 5.74) is 0.779. The van der Waals surface area contributed by atoms with Crippen LogP contribution in [-0.2, 0) is 16.0 Å². The fourth-order valence-corrected chi connectivity index (χ4v) is 3.56. The lowest BCUT2D eigenvalue weighted by atomic mass is 10.1. The van der Waals surface area contributed by atoms with Gasteiger partial charge in [0.2, 0.25) is 5.91 Å². The molecule has 1 aromatic rings. The Balaban J connectivity index is 1.43. The van der Waals surface area contributed by atoms with E-state index in [1.165, 1.54) is 6.07 Å². The lowest BCUT2D eigenvalue weighted by Gasteiger charge is -2.39. The Morgan fingerprint density at radius 2 is 1.80 bits per heavy atom. The standard InChI is InChI=1S/C19H28FN3O2/c1-16(19(24)23-12-14-25-15-13-23)22-10-8-21(9-11-22)7-6-17-4-2-3-5-18(17)20/h2-5,16H,6-15H2,1H3. The second-order valence-corrected chi connectivity index (χ2v) is 6.83. The molecule has 2 aliphatic heterocycles. The average molecular weight is 349 g/mol. The van der Waals surface area contributed by atoms with Gasteiger partial charge in [0.25, 0.3) is 0 Å². The summed E-state index contributed by atoms with van der Waals surface area (Å²) >= 11 is 0. The summed E-state index contributed by atoms with van der Waals surface area (Å²) in [6, 6.07) is 6.91. The SMILES string of the molecule is CC(C(=O)N1CCOCC1)N1CCN(CCc2ccccc2F)CC1. The van der Waals surface area contributed by atoms with E-state index in [9.17, 15) is 9.18 Å². The van der Waals surface area contributed by atoms with E-state index in [1.807, 2.05) is 24.0 Å². The molecule has 2 fully saturated rings. The molecule has 6 heteroatoms. The molecule has 0 radical (unpaired) electrons. The van der Waals surface area contributed by atoms with Gasteiger partial charge in [-0.2, -0.15) is 0 Å². The van der Waals surface area contributed by atoms with Crippen molar-refractivity contribution in [1.82, 2.24) is 14.7 Å². The molecule has 1 unspecified atom stereocenters. The highest BCUT2D eigenvalue weighted by molar-refractivity contribution is 5.81. The zero-order valence-corrected chi connectivity index (χ0v) is 15.0. The number of hydrogen-bond donors (Lipinski definition) is 0. The van der Waals surface area contributed by atoms with Gasteiger partial charge in [-0.1, -0.05) is 18.2 Å². The predicted molar refractivity (Wildman–Crippen MR) is 95.0 cm³/mol. The van der Waals surface area contributed by atoms with Gasteiger partial charge in [0.15, 0.2) is 0 Å². The van der Waals surface area contributed by atoms with Gasteiger partial charge in [0.1, 0.15) is 5.82 Å². The number of carbonyl (C=O) groups excluding carboxylic acids is 1. The second-order valence-electron chi connectivity index (χ2n) is 6.83. The van der Waals surface area contributed by atoms with Gasteiger partial charge >= 0.3 is 0 Å². The Kier molecular flexibility index (Phi) is 6.39. The lowest BCUT2D eigenvalue weighted by molar-refractivity contribution is -0.141. The van der Waals surface area contributed by atoms with E-state index in [-0.39, 0.29) is 17.8 Å². The van der Waals surface area contributed by atoms with Crippen molar-refractivity contribution in [2.24, 2.45) is 0 Å². The van der Waals surface area contributed by atoms with Crippen molar-refractivity contribution < 1.29 is 13.9 Å². The molecule has 0 N–H and O–H groups in total. The largest absolute Gasteiger partial charge is 0.378 e. The summed E-state index contributed by atoms with van der Waals surface area (Å²) < 4.78 is 19.0. The van der Waals surface area contributed by atoms with Crippen LogP contribution in [0.3, 0.4) is 0 Å². The van der Waals surface area contributed by atoms with E-state index in [2.05, 4.69) is 9.80 Å². The molecule has 0 aromatic heterocycles. The van der Waals surface area contributed by atoms with Crippen LogP contribution in [0.1, 0.15) is 12.5 Å². The Bertz CT molecular complexity index is 570. The van der Waals surface area contributed by atoms with E-state index >= 15 is 0 Å². The predicted octanol–water partition coefficient (Wildman–Crippen LogP) is 1.23. The fourth-order valence-electron chi connectivity index (χ4n) is 3.56. The molecule has 1 aromatic carbocycles. The number of morpholine rings is 1. The summed E-state index contributed by atoms with van der Waals surface area (Å²) in [4.78, 5) is 19.1. The third-order valence-corrected chi connectivity index (χ3v) is 5.29. The van der Waals surface area contributed by atoms with Crippen LogP contribution in [0, 0.1) is 5.82 Å². The number of nitrogens with zero attached hydrogens (tertiary/aromatic N) is 3. The molecular weight excluding hydrogens is 321 g/mol. The molecule has 2 saturated heterocycles. The van der Waals surface area contributed by atoms with Crippen molar-refractivity contribution in [3.8, 4) is 0 Å². The molecule has 0 spiro atoms. The van der Waals surface area contributed by atoms with Crippen LogP contribution in [0.5, 0.6) is 0 Å². The Morgan fingerprint density at radius 3 is 2.48 bits per heavy atom. The molecule has 25 heavy (non-hydrogen) atoms. The first-order valence-electron chi connectivity index (χ1n) is 9.21. The summed E-state index contributed by atoms with van der Waals surface area (Å²) in [6.45, 7) is 9.17. The third kappa shape index (κ3) is 4.77. The minimum atomic E-state index is -0.120. The normalized spacial score (nSPS) is 21.3. The first-order valence-corrected chi connectivity index (χ1v) is 9.21. The van der Waals surface area contributed by atoms with E-state index in [0.29, 0.717) is 26.3 Å². The smallest absolute Gasteiger partial charge is 0.239 e. The molecule has 5 nitrogen and oxygen atoms in total. The lowest BCUT2D eigenvalue weighted by Crippen LogP contribution is -2.56. The molecule has 1 atom stereocenters. The fraction of sp³-hybridized carbons (Fsp3) is 0.632. The van der Waals surface area contributed by atoms with Crippen molar-refractivity contribution >= 4 is 5.91 Å². The zero-order valence-electron chi connectivity index (χ0n) is 15.0. The summed E-state index contributed by atoms with van der Waals surface area (Å²) in [7, 11) is 0. The van der Waals surface area contributed by atoms with Crippen LogP contribution < -0.4 is 0 Å². The Morgan fingerprint density at radius 1 is 1.12 bits per heavy atom. The van der Waals surface area contributed by atoms with Gasteiger partial charge in [0, 0.05) is 45.8 Å². The summed E-state index contributed by atoms with van der Waals surface area (Å²) in [6.07, 6.45) is 0.731. The monoisotopic (exact) mass is 349 g/mol. The van der Waals surface area contributed by atoms with Gasteiger partial charge in [-0.05, 0) is 25.0 Å². The minimum Gasteiger partial charge on any atom is -0.378 e. The minimum absolute atomic E-state index is 0.0770. The van der Waals surface area contributed by atoms with Gasteiger partial charge in [-0.15, -0.1) is 0 Å². The first kappa shape index (κ1) is 18.3. The molecule has 138 valence electrons. The van der Waals surface area contributed by atoms with Gasteiger partial charge < -0.3 is 14.5 Å². The van der Waals surface area contributed by atoms with Crippen LogP contribution in [0.25, 0.3) is 0 Å². The number of piperazine rings is 1. The van der Waals surface area contributed by atoms with Crippen LogP contribution in [-0.4, -0.2) is 85.7 Å². The summed E-state index contributed by atoms with van der Waals surface area (Å²) in [5, 5.41) is 0. The molecular formula is C19H28FN3O2. The van der Waals surface area contributed by atoms with Crippen LogP contribution in [0.2, 0.25) is 0 Å². The van der Waals surface area contributed by atoms with Crippen LogP contribution >= 0.6 is 0 Å². The van der Waals surface area contributed by atoms with Crippen molar-refractivity contribution in [2.45, 2.75) is 19.4 Å². The number of carbonyl (C=O) groups is 1. The molecule has 2 heterocycles. The van der Waals surface area contributed by atoms with E-state index < -0.39 is 0 Å². The number of benzene rings is 1. The Hall–Kier alpha value is -1.50. The molecule has 0 saturated carbocycles. The molecule has 1 amide bonds. The van der Waals surface area contributed by atoms with Gasteiger partial charge in [-0.25, -0.2) is 4.39 Å². The number of ether oxygens (including phenoxy) is 1. The molecule has 0 bridgehead atoms. The number of halogens is 1. The second kappa shape index (κ2) is 8.74. The van der Waals surface area contributed by atoms with Crippen molar-refractivity contribution in [2.75, 3.05) is 59.0 Å². The molecule has 0 aliphatic carbocycles. The quantitative estimate of drug-likeness (QED) is 0.801. The van der Waals surface area contributed by atoms with Crippen LogP contribution in [0.4, 0.5) is 4.39 Å². The zero-order chi connectivity index (χ0) is 17.6. The van der Waals surface area contributed by atoms with Crippen molar-refractivity contribution in [3.05, 3.63) is 35.6 Å². The van der Waals surface area contributed by atoms with Crippen molar-refractivity contribution in [3.63, 3.8) is 0 Å². The average Bonchev–Trinajstić information content (AvgIpc) is 2.67. The highest BCUT2D eigenvalue weighted by Crippen LogP contribution is 2.12. The van der Waals surface area contributed by atoms with Gasteiger partial charge in [0.05, 0.1) is 19.3 Å². The maximum atomic E-state index is 13.7.